The Bertz CT molecular complexity index is 712. The standard InChI is InChI=1S/C13H18N4O2S/c1-9-6-11(14)7-10(2)13(9)20(18,19)16-8-12-15-4-5-17(12)3/h4-7,16H,8,14H2,1-3H3. The maximum absolute atomic E-state index is 12.4. The first-order valence-corrected chi connectivity index (χ1v) is 7.62. The molecule has 6 nitrogen and oxygen atoms in total. The molecule has 7 heteroatoms. The van der Waals surface area contributed by atoms with E-state index in [1.165, 1.54) is 0 Å². The minimum atomic E-state index is -3.59. The van der Waals surface area contributed by atoms with E-state index in [-0.39, 0.29) is 11.4 Å². The van der Waals surface area contributed by atoms with E-state index in [1.54, 1.807) is 42.9 Å². The van der Waals surface area contributed by atoms with Crippen LogP contribution in [0.15, 0.2) is 29.4 Å². The van der Waals surface area contributed by atoms with Crippen molar-refractivity contribution >= 4 is 15.7 Å². The molecular weight excluding hydrogens is 276 g/mol. The number of aromatic nitrogens is 2. The first-order valence-electron chi connectivity index (χ1n) is 6.14. The van der Waals surface area contributed by atoms with Crippen LogP contribution < -0.4 is 10.5 Å². The molecule has 2 aromatic rings. The van der Waals surface area contributed by atoms with Crippen molar-refractivity contribution in [2.75, 3.05) is 5.73 Å². The Morgan fingerprint density at radius 3 is 2.40 bits per heavy atom. The molecule has 0 radical (unpaired) electrons. The van der Waals surface area contributed by atoms with Gasteiger partial charge in [-0.25, -0.2) is 18.1 Å². The Morgan fingerprint density at radius 2 is 1.90 bits per heavy atom. The van der Waals surface area contributed by atoms with Crippen LogP contribution in [0.4, 0.5) is 5.69 Å². The molecule has 20 heavy (non-hydrogen) atoms. The second kappa shape index (κ2) is 5.26. The van der Waals surface area contributed by atoms with Crippen LogP contribution in [0.1, 0.15) is 17.0 Å². The molecule has 1 aromatic heterocycles. The number of nitrogens with two attached hydrogens (primary N) is 1. The van der Waals surface area contributed by atoms with E-state index in [9.17, 15) is 8.42 Å². The Kier molecular flexibility index (Phi) is 3.82. The SMILES string of the molecule is Cc1cc(N)cc(C)c1S(=O)(=O)NCc1nccn1C. The number of imidazole rings is 1. The van der Waals surface area contributed by atoms with Crippen LogP contribution in [0.25, 0.3) is 0 Å². The Labute approximate surface area is 118 Å². The summed E-state index contributed by atoms with van der Waals surface area (Å²) in [6, 6.07) is 3.31. The van der Waals surface area contributed by atoms with Crippen molar-refractivity contribution < 1.29 is 8.42 Å². The number of nitrogens with one attached hydrogen (secondary N) is 1. The predicted molar refractivity (Wildman–Crippen MR) is 77.6 cm³/mol. The van der Waals surface area contributed by atoms with Crippen LogP contribution in [-0.2, 0) is 23.6 Å². The summed E-state index contributed by atoms with van der Waals surface area (Å²) in [7, 11) is -1.77. The summed E-state index contributed by atoms with van der Waals surface area (Å²) in [5.41, 5.74) is 7.54. The molecule has 0 aliphatic heterocycles. The summed E-state index contributed by atoms with van der Waals surface area (Å²) >= 11 is 0. The zero-order chi connectivity index (χ0) is 14.9. The highest BCUT2D eigenvalue weighted by atomic mass is 32.2. The molecule has 0 fully saturated rings. The first-order chi connectivity index (χ1) is 9.31. The van der Waals surface area contributed by atoms with Crippen molar-refractivity contribution in [1.29, 1.82) is 0 Å². The highest BCUT2D eigenvalue weighted by Gasteiger charge is 2.20. The van der Waals surface area contributed by atoms with Gasteiger partial charge in [-0.15, -0.1) is 0 Å². The van der Waals surface area contributed by atoms with Gasteiger partial charge in [0.1, 0.15) is 5.82 Å². The largest absolute Gasteiger partial charge is 0.399 e. The van der Waals surface area contributed by atoms with Crippen LogP contribution in [-0.4, -0.2) is 18.0 Å². The number of aryl methyl sites for hydroxylation is 3. The van der Waals surface area contributed by atoms with Gasteiger partial charge in [0.15, 0.2) is 0 Å². The van der Waals surface area contributed by atoms with Gasteiger partial charge in [0, 0.05) is 25.1 Å². The highest BCUT2D eigenvalue weighted by molar-refractivity contribution is 7.89. The summed E-state index contributed by atoms with van der Waals surface area (Å²) in [6.45, 7) is 3.62. The number of hydrogen-bond donors (Lipinski definition) is 2. The summed E-state index contributed by atoms with van der Waals surface area (Å²) in [4.78, 5) is 4.37. The minimum absolute atomic E-state index is 0.148. The average Bonchev–Trinajstić information content (AvgIpc) is 2.70. The summed E-state index contributed by atoms with van der Waals surface area (Å²) < 4.78 is 29.1. The molecule has 0 saturated carbocycles. The van der Waals surface area contributed by atoms with Gasteiger partial charge in [-0.2, -0.15) is 0 Å². The van der Waals surface area contributed by atoms with E-state index in [0.29, 0.717) is 22.6 Å². The van der Waals surface area contributed by atoms with Crippen molar-refractivity contribution in [2.45, 2.75) is 25.3 Å². The Hall–Kier alpha value is -1.86. The van der Waals surface area contributed by atoms with Crippen molar-refractivity contribution in [3.05, 3.63) is 41.5 Å². The van der Waals surface area contributed by atoms with Gasteiger partial charge in [-0.3, -0.25) is 0 Å². The molecule has 0 amide bonds. The fraction of sp³-hybridized carbons (Fsp3) is 0.308. The van der Waals surface area contributed by atoms with Gasteiger partial charge in [-0.05, 0) is 37.1 Å². The van der Waals surface area contributed by atoms with E-state index >= 15 is 0 Å². The number of hydrogen-bond acceptors (Lipinski definition) is 4. The number of nitrogen functional groups attached to an aromatic ring is 1. The number of rotatable bonds is 4. The van der Waals surface area contributed by atoms with Crippen LogP contribution in [0.2, 0.25) is 0 Å². The average molecular weight is 294 g/mol. The van der Waals surface area contributed by atoms with Gasteiger partial charge in [-0.1, -0.05) is 0 Å². The Morgan fingerprint density at radius 1 is 1.30 bits per heavy atom. The maximum Gasteiger partial charge on any atom is 0.241 e. The van der Waals surface area contributed by atoms with E-state index in [1.807, 2.05) is 7.05 Å². The molecular formula is C13H18N4O2S. The molecule has 1 aromatic carbocycles. The Balaban J connectivity index is 2.30. The van der Waals surface area contributed by atoms with Crippen molar-refractivity contribution in [3.8, 4) is 0 Å². The molecule has 3 N–H and O–H groups in total. The first kappa shape index (κ1) is 14.5. The van der Waals surface area contributed by atoms with E-state index < -0.39 is 10.0 Å². The van der Waals surface area contributed by atoms with Gasteiger partial charge in [0.2, 0.25) is 10.0 Å². The number of anilines is 1. The third-order valence-corrected chi connectivity index (χ3v) is 4.80. The number of benzene rings is 1. The molecule has 0 bridgehead atoms. The molecule has 0 atom stereocenters. The molecule has 1 heterocycles. The third-order valence-electron chi connectivity index (χ3n) is 3.09. The molecule has 0 aliphatic rings. The second-order valence-corrected chi connectivity index (χ2v) is 6.47. The van der Waals surface area contributed by atoms with E-state index in [4.69, 9.17) is 5.73 Å². The van der Waals surface area contributed by atoms with Crippen molar-refractivity contribution in [1.82, 2.24) is 14.3 Å². The molecule has 108 valence electrons. The maximum atomic E-state index is 12.4. The van der Waals surface area contributed by atoms with Gasteiger partial charge < -0.3 is 10.3 Å². The minimum Gasteiger partial charge on any atom is -0.399 e. The van der Waals surface area contributed by atoms with E-state index in [0.717, 1.165) is 0 Å². The van der Waals surface area contributed by atoms with Crippen LogP contribution >= 0.6 is 0 Å². The van der Waals surface area contributed by atoms with Crippen LogP contribution in [0.3, 0.4) is 0 Å². The number of nitrogens with zero attached hydrogens (tertiary/aromatic N) is 2. The highest BCUT2D eigenvalue weighted by Crippen LogP contribution is 2.22. The fourth-order valence-electron chi connectivity index (χ4n) is 2.21. The van der Waals surface area contributed by atoms with Crippen molar-refractivity contribution in [3.63, 3.8) is 0 Å². The molecule has 0 aliphatic carbocycles. The van der Waals surface area contributed by atoms with Gasteiger partial charge in [0.05, 0.1) is 11.4 Å². The van der Waals surface area contributed by atoms with E-state index in [2.05, 4.69) is 9.71 Å². The molecule has 2 rings (SSSR count). The third kappa shape index (κ3) is 2.83. The quantitative estimate of drug-likeness (QED) is 0.826. The topological polar surface area (TPSA) is 90.0 Å². The summed E-state index contributed by atoms with van der Waals surface area (Å²) in [5.74, 6) is 0.652. The monoisotopic (exact) mass is 294 g/mol. The molecule has 0 saturated heterocycles. The number of sulfonamides is 1. The van der Waals surface area contributed by atoms with Crippen LogP contribution in [0.5, 0.6) is 0 Å². The predicted octanol–water partition coefficient (Wildman–Crippen LogP) is 1.10. The second-order valence-electron chi connectivity index (χ2n) is 4.76. The fourth-order valence-corrected chi connectivity index (χ4v) is 3.64. The smallest absolute Gasteiger partial charge is 0.241 e. The molecule has 0 spiro atoms. The summed E-state index contributed by atoms with van der Waals surface area (Å²) in [5, 5.41) is 0. The van der Waals surface area contributed by atoms with Gasteiger partial charge in [0.25, 0.3) is 0 Å². The summed E-state index contributed by atoms with van der Waals surface area (Å²) in [6.07, 6.45) is 3.40. The zero-order valence-corrected chi connectivity index (χ0v) is 12.5. The lowest BCUT2D eigenvalue weighted by Crippen LogP contribution is -2.26. The lowest BCUT2D eigenvalue weighted by atomic mass is 10.1. The van der Waals surface area contributed by atoms with Gasteiger partial charge >= 0.3 is 0 Å². The lowest BCUT2D eigenvalue weighted by molar-refractivity contribution is 0.576. The van der Waals surface area contributed by atoms with Crippen LogP contribution in [0, 0.1) is 13.8 Å². The zero-order valence-electron chi connectivity index (χ0n) is 11.7. The molecule has 0 unspecified atom stereocenters. The van der Waals surface area contributed by atoms with Crippen molar-refractivity contribution in [2.24, 2.45) is 7.05 Å². The lowest BCUT2D eigenvalue weighted by Gasteiger charge is -2.13. The normalized spacial score (nSPS) is 11.8.